The lowest BCUT2D eigenvalue weighted by Gasteiger charge is -2.06. The zero-order valence-electron chi connectivity index (χ0n) is 10.9. The third-order valence-corrected chi connectivity index (χ3v) is 4.84. The molecule has 0 heterocycles. The molecule has 5 heteroatoms. The van der Waals surface area contributed by atoms with Gasteiger partial charge in [0.25, 0.3) is 0 Å². The molecule has 1 N–H and O–H groups in total. The first-order valence-electron chi connectivity index (χ1n) is 6.53. The third kappa shape index (κ3) is 3.10. The molecule has 2 nitrogen and oxygen atoms in total. The molecule has 3 rings (SSSR count). The van der Waals surface area contributed by atoms with E-state index in [-0.39, 0.29) is 11.8 Å². The minimum atomic E-state index is 0.190. The van der Waals surface area contributed by atoms with Crippen LogP contribution in [0.1, 0.15) is 23.5 Å². The summed E-state index contributed by atoms with van der Waals surface area (Å²) in [6.45, 7) is 0. The van der Waals surface area contributed by atoms with E-state index in [1.807, 2.05) is 36.4 Å². The molecule has 0 saturated heterocycles. The van der Waals surface area contributed by atoms with Gasteiger partial charge < -0.3 is 5.21 Å². The van der Waals surface area contributed by atoms with E-state index in [9.17, 15) is 5.21 Å². The standard InChI is InChI=1S/C16H12BrCl2NO/c17-10-3-1-9(2-4-10)16(20-21)14-8-13(14)12-6-5-11(18)7-15(12)19/h1-7,13-14,21H,8H2/t13-,14-/m0/s1. The van der Waals surface area contributed by atoms with Crippen molar-refractivity contribution in [2.75, 3.05) is 0 Å². The van der Waals surface area contributed by atoms with E-state index >= 15 is 0 Å². The Morgan fingerprint density at radius 2 is 1.86 bits per heavy atom. The first-order valence-corrected chi connectivity index (χ1v) is 8.08. The number of hydrogen-bond donors (Lipinski definition) is 1. The normalized spacial score (nSPS) is 21.4. The summed E-state index contributed by atoms with van der Waals surface area (Å²) in [5.74, 6) is 0.471. The molecule has 0 amide bonds. The quantitative estimate of drug-likeness (QED) is 0.408. The number of hydrogen-bond acceptors (Lipinski definition) is 2. The SMILES string of the molecule is ON=C(c1ccc(Br)cc1)[C@H]1C[C@H]1c1ccc(Cl)cc1Cl. The molecule has 0 bridgehead atoms. The van der Waals surface area contributed by atoms with Crippen molar-refractivity contribution in [3.05, 3.63) is 68.1 Å². The Labute approximate surface area is 141 Å². The smallest absolute Gasteiger partial charge is 0.0904 e. The fourth-order valence-corrected chi connectivity index (χ4v) is 3.42. The molecule has 108 valence electrons. The Morgan fingerprint density at radius 3 is 2.48 bits per heavy atom. The van der Waals surface area contributed by atoms with Gasteiger partial charge in [0.15, 0.2) is 0 Å². The second kappa shape index (κ2) is 5.99. The molecule has 1 aliphatic rings. The fourth-order valence-electron chi connectivity index (χ4n) is 2.61. The predicted molar refractivity (Wildman–Crippen MR) is 89.8 cm³/mol. The molecule has 1 aliphatic carbocycles. The average molecular weight is 385 g/mol. The molecular weight excluding hydrogens is 373 g/mol. The lowest BCUT2D eigenvalue weighted by atomic mass is 10.0. The van der Waals surface area contributed by atoms with Crippen LogP contribution in [0.3, 0.4) is 0 Å². The summed E-state index contributed by atoms with van der Waals surface area (Å²) in [7, 11) is 0. The minimum Gasteiger partial charge on any atom is -0.411 e. The Hall–Kier alpha value is -1.03. The van der Waals surface area contributed by atoms with E-state index in [2.05, 4.69) is 21.1 Å². The van der Waals surface area contributed by atoms with Crippen molar-refractivity contribution in [2.24, 2.45) is 11.1 Å². The van der Waals surface area contributed by atoms with Crippen LogP contribution < -0.4 is 0 Å². The summed E-state index contributed by atoms with van der Waals surface area (Å²) >= 11 is 15.6. The Kier molecular flexibility index (Phi) is 4.25. The van der Waals surface area contributed by atoms with Gasteiger partial charge in [-0.2, -0.15) is 0 Å². The van der Waals surface area contributed by atoms with Gasteiger partial charge in [-0.1, -0.05) is 62.5 Å². The summed E-state index contributed by atoms with van der Waals surface area (Å²) in [6.07, 6.45) is 0.927. The third-order valence-electron chi connectivity index (χ3n) is 3.75. The highest BCUT2D eigenvalue weighted by molar-refractivity contribution is 9.10. The number of halogens is 3. The van der Waals surface area contributed by atoms with Crippen molar-refractivity contribution in [3.8, 4) is 0 Å². The largest absolute Gasteiger partial charge is 0.411 e. The lowest BCUT2D eigenvalue weighted by molar-refractivity contribution is 0.317. The van der Waals surface area contributed by atoms with Crippen LogP contribution in [-0.4, -0.2) is 10.9 Å². The molecule has 2 atom stereocenters. The maximum atomic E-state index is 9.36. The highest BCUT2D eigenvalue weighted by Crippen LogP contribution is 2.51. The zero-order valence-corrected chi connectivity index (χ0v) is 14.0. The van der Waals surface area contributed by atoms with E-state index in [1.54, 1.807) is 6.07 Å². The molecule has 0 aromatic heterocycles. The van der Waals surface area contributed by atoms with Gasteiger partial charge in [0.1, 0.15) is 0 Å². The number of benzene rings is 2. The van der Waals surface area contributed by atoms with Crippen LogP contribution in [0.5, 0.6) is 0 Å². The van der Waals surface area contributed by atoms with E-state index in [4.69, 9.17) is 23.2 Å². The molecule has 0 aliphatic heterocycles. The van der Waals surface area contributed by atoms with Crippen LogP contribution in [0.25, 0.3) is 0 Å². The van der Waals surface area contributed by atoms with Crippen LogP contribution in [0, 0.1) is 5.92 Å². The van der Waals surface area contributed by atoms with E-state index in [1.165, 1.54) is 0 Å². The van der Waals surface area contributed by atoms with E-state index in [0.29, 0.717) is 15.8 Å². The van der Waals surface area contributed by atoms with Crippen LogP contribution >= 0.6 is 39.1 Å². The molecule has 0 spiro atoms. The van der Waals surface area contributed by atoms with E-state index in [0.717, 1.165) is 22.0 Å². The van der Waals surface area contributed by atoms with Crippen molar-refractivity contribution in [1.29, 1.82) is 0 Å². The maximum Gasteiger partial charge on any atom is 0.0904 e. The molecule has 1 fully saturated rings. The number of rotatable bonds is 3. The molecule has 2 aromatic carbocycles. The topological polar surface area (TPSA) is 32.6 Å². The summed E-state index contributed by atoms with van der Waals surface area (Å²) < 4.78 is 0.997. The molecule has 0 unspecified atom stereocenters. The summed E-state index contributed by atoms with van der Waals surface area (Å²) in [4.78, 5) is 0. The van der Waals surface area contributed by atoms with Crippen LogP contribution in [0.15, 0.2) is 52.1 Å². The van der Waals surface area contributed by atoms with Gasteiger partial charge in [0.05, 0.1) is 5.71 Å². The van der Waals surface area contributed by atoms with Gasteiger partial charge in [-0.3, -0.25) is 0 Å². The lowest BCUT2D eigenvalue weighted by Crippen LogP contribution is -2.05. The monoisotopic (exact) mass is 383 g/mol. The van der Waals surface area contributed by atoms with Crippen LogP contribution in [-0.2, 0) is 0 Å². The predicted octanol–water partition coefficient (Wildman–Crippen LogP) is 5.74. The Morgan fingerprint density at radius 1 is 1.14 bits per heavy atom. The van der Waals surface area contributed by atoms with E-state index < -0.39 is 0 Å². The van der Waals surface area contributed by atoms with Gasteiger partial charge in [0.2, 0.25) is 0 Å². The fraction of sp³-hybridized carbons (Fsp3) is 0.188. The molecule has 21 heavy (non-hydrogen) atoms. The molecule has 2 aromatic rings. The second-order valence-corrected chi connectivity index (χ2v) is 6.87. The molecule has 1 saturated carbocycles. The van der Waals surface area contributed by atoms with Gasteiger partial charge in [-0.05, 0) is 47.7 Å². The highest BCUT2D eigenvalue weighted by atomic mass is 79.9. The average Bonchev–Trinajstić information content (AvgIpc) is 3.22. The zero-order chi connectivity index (χ0) is 15.0. The molecule has 0 radical (unpaired) electrons. The van der Waals surface area contributed by atoms with Crippen molar-refractivity contribution in [1.82, 2.24) is 0 Å². The first kappa shape index (κ1) is 14.9. The van der Waals surface area contributed by atoms with Gasteiger partial charge in [0, 0.05) is 20.4 Å². The first-order chi connectivity index (χ1) is 10.1. The van der Waals surface area contributed by atoms with Crippen molar-refractivity contribution < 1.29 is 5.21 Å². The molecular formula is C16H12BrCl2NO. The Bertz CT molecular complexity index is 700. The highest BCUT2D eigenvalue weighted by Gasteiger charge is 2.43. The summed E-state index contributed by atoms with van der Waals surface area (Å²) in [5, 5.41) is 14.2. The minimum absolute atomic E-state index is 0.190. The number of oxime groups is 1. The summed E-state index contributed by atoms with van der Waals surface area (Å²) in [6, 6.07) is 13.3. The van der Waals surface area contributed by atoms with Crippen molar-refractivity contribution in [2.45, 2.75) is 12.3 Å². The van der Waals surface area contributed by atoms with Crippen LogP contribution in [0.2, 0.25) is 10.0 Å². The van der Waals surface area contributed by atoms with Crippen molar-refractivity contribution >= 4 is 44.8 Å². The van der Waals surface area contributed by atoms with Gasteiger partial charge in [-0.15, -0.1) is 0 Å². The van der Waals surface area contributed by atoms with Crippen molar-refractivity contribution in [3.63, 3.8) is 0 Å². The second-order valence-electron chi connectivity index (χ2n) is 5.11. The van der Waals surface area contributed by atoms with Gasteiger partial charge in [-0.25, -0.2) is 0 Å². The van der Waals surface area contributed by atoms with Gasteiger partial charge >= 0.3 is 0 Å². The Balaban J connectivity index is 1.84. The van der Waals surface area contributed by atoms with Crippen LogP contribution in [0.4, 0.5) is 0 Å². The maximum absolute atomic E-state index is 9.36. The summed E-state index contributed by atoms with van der Waals surface area (Å²) in [5.41, 5.74) is 2.70. The number of nitrogens with zero attached hydrogens (tertiary/aromatic N) is 1.